The predicted octanol–water partition coefficient (Wildman–Crippen LogP) is 2.22. The fourth-order valence-corrected chi connectivity index (χ4v) is 1.58. The molecule has 0 aliphatic rings. The number of amidine groups is 1. The van der Waals surface area contributed by atoms with Gasteiger partial charge in [-0.05, 0) is 26.7 Å². The topological polar surface area (TPSA) is 80.7 Å². The lowest BCUT2D eigenvalue weighted by atomic mass is 10.1. The van der Waals surface area contributed by atoms with E-state index in [0.717, 1.165) is 5.69 Å². The maximum Gasteiger partial charge on any atom is 0.175 e. The molecule has 5 nitrogen and oxygen atoms in total. The number of nitrogens with zero attached hydrogens (tertiary/aromatic N) is 2. The molecule has 1 aromatic heterocycles. The van der Waals surface area contributed by atoms with Gasteiger partial charge in [-0.15, -0.1) is 0 Å². The van der Waals surface area contributed by atoms with E-state index in [1.54, 1.807) is 6.07 Å². The molecular formula is C13H21N3O2. The van der Waals surface area contributed by atoms with Gasteiger partial charge in [0.1, 0.15) is 5.75 Å². The van der Waals surface area contributed by atoms with Crippen LogP contribution in [-0.2, 0) is 0 Å². The van der Waals surface area contributed by atoms with E-state index < -0.39 is 0 Å². The minimum absolute atomic E-state index is 0.0194. The van der Waals surface area contributed by atoms with Gasteiger partial charge < -0.3 is 15.7 Å². The molecule has 1 heterocycles. The van der Waals surface area contributed by atoms with E-state index in [9.17, 15) is 0 Å². The van der Waals surface area contributed by atoms with E-state index >= 15 is 0 Å². The lowest BCUT2D eigenvalue weighted by Gasteiger charge is -2.21. The van der Waals surface area contributed by atoms with Crippen molar-refractivity contribution in [2.24, 2.45) is 16.8 Å². The van der Waals surface area contributed by atoms with E-state index in [0.29, 0.717) is 22.9 Å². The molecule has 0 saturated carbocycles. The summed E-state index contributed by atoms with van der Waals surface area (Å²) in [7, 11) is 0. The number of nitrogens with two attached hydrogens (primary N) is 1. The van der Waals surface area contributed by atoms with Gasteiger partial charge in [-0.25, -0.2) is 0 Å². The molecular weight excluding hydrogens is 230 g/mol. The number of ether oxygens (including phenoxy) is 1. The summed E-state index contributed by atoms with van der Waals surface area (Å²) in [6, 6.07) is 1.80. The van der Waals surface area contributed by atoms with Crippen LogP contribution in [0.15, 0.2) is 11.2 Å². The summed E-state index contributed by atoms with van der Waals surface area (Å²) in [5, 5.41) is 11.9. The number of oxime groups is 1. The number of hydrogen-bond donors (Lipinski definition) is 2. The zero-order valence-electron chi connectivity index (χ0n) is 11.6. The number of rotatable bonds is 4. The van der Waals surface area contributed by atoms with Crippen LogP contribution in [0.5, 0.6) is 5.75 Å². The predicted molar refractivity (Wildman–Crippen MR) is 71.1 cm³/mol. The van der Waals surface area contributed by atoms with Crippen LogP contribution < -0.4 is 10.5 Å². The molecule has 0 bridgehead atoms. The summed E-state index contributed by atoms with van der Waals surface area (Å²) in [5.74, 6) is 1.00. The molecule has 5 heteroatoms. The van der Waals surface area contributed by atoms with Gasteiger partial charge in [0.25, 0.3) is 0 Å². The summed E-state index contributed by atoms with van der Waals surface area (Å²) >= 11 is 0. The molecule has 18 heavy (non-hydrogen) atoms. The first kappa shape index (κ1) is 14.3. The average Bonchev–Trinajstić information content (AvgIpc) is 2.27. The van der Waals surface area contributed by atoms with Crippen LogP contribution in [0.4, 0.5) is 0 Å². The average molecular weight is 251 g/mol. The van der Waals surface area contributed by atoms with Crippen LogP contribution in [-0.4, -0.2) is 22.1 Å². The Morgan fingerprint density at radius 1 is 1.39 bits per heavy atom. The third-order valence-electron chi connectivity index (χ3n) is 2.91. The van der Waals surface area contributed by atoms with Crippen molar-refractivity contribution in [1.82, 2.24) is 4.98 Å². The van der Waals surface area contributed by atoms with Crippen LogP contribution in [0.2, 0.25) is 0 Å². The number of aryl methyl sites for hydroxylation is 2. The number of hydrogen-bond acceptors (Lipinski definition) is 4. The van der Waals surface area contributed by atoms with Crippen LogP contribution in [0.3, 0.4) is 0 Å². The highest BCUT2D eigenvalue weighted by atomic mass is 16.5. The van der Waals surface area contributed by atoms with Crippen molar-refractivity contribution >= 4 is 5.84 Å². The van der Waals surface area contributed by atoms with E-state index in [-0.39, 0.29) is 11.9 Å². The Labute approximate surface area is 108 Å². The molecule has 0 aliphatic carbocycles. The SMILES string of the molecule is Cc1cc(OC(C)C(C)C)c(/C(N)=N/O)c(C)n1. The molecule has 100 valence electrons. The van der Waals surface area contributed by atoms with Gasteiger partial charge in [0, 0.05) is 11.8 Å². The Morgan fingerprint density at radius 3 is 2.50 bits per heavy atom. The molecule has 0 aliphatic heterocycles. The molecule has 1 unspecified atom stereocenters. The third-order valence-corrected chi connectivity index (χ3v) is 2.91. The minimum Gasteiger partial charge on any atom is -0.490 e. The molecule has 0 amide bonds. The lowest BCUT2D eigenvalue weighted by Crippen LogP contribution is -2.23. The lowest BCUT2D eigenvalue weighted by molar-refractivity contribution is 0.169. The summed E-state index contributed by atoms with van der Waals surface area (Å²) in [6.45, 7) is 9.85. The van der Waals surface area contributed by atoms with Crippen LogP contribution in [0.1, 0.15) is 37.7 Å². The first-order valence-corrected chi connectivity index (χ1v) is 5.99. The van der Waals surface area contributed by atoms with E-state index in [1.165, 1.54) is 0 Å². The number of aromatic nitrogens is 1. The maximum atomic E-state index is 8.83. The summed E-state index contributed by atoms with van der Waals surface area (Å²) in [4.78, 5) is 4.30. The third kappa shape index (κ3) is 3.12. The molecule has 3 N–H and O–H groups in total. The van der Waals surface area contributed by atoms with E-state index in [1.807, 2.05) is 20.8 Å². The van der Waals surface area contributed by atoms with Gasteiger partial charge in [0.15, 0.2) is 5.84 Å². The quantitative estimate of drug-likeness (QED) is 0.372. The monoisotopic (exact) mass is 251 g/mol. The van der Waals surface area contributed by atoms with Crippen LogP contribution in [0.25, 0.3) is 0 Å². The summed E-state index contributed by atoms with van der Waals surface area (Å²) in [6.07, 6.45) is 0.0384. The highest BCUT2D eigenvalue weighted by Crippen LogP contribution is 2.24. The van der Waals surface area contributed by atoms with Crippen molar-refractivity contribution in [3.63, 3.8) is 0 Å². The van der Waals surface area contributed by atoms with Crippen LogP contribution in [0, 0.1) is 19.8 Å². The molecule has 1 atom stereocenters. The van der Waals surface area contributed by atoms with Crippen molar-refractivity contribution in [1.29, 1.82) is 0 Å². The second-order valence-corrected chi connectivity index (χ2v) is 4.77. The molecule has 0 aromatic carbocycles. The van der Waals surface area contributed by atoms with Crippen molar-refractivity contribution in [3.05, 3.63) is 23.0 Å². The van der Waals surface area contributed by atoms with Gasteiger partial charge >= 0.3 is 0 Å². The Kier molecular flexibility index (Phi) is 4.53. The smallest absolute Gasteiger partial charge is 0.175 e. The van der Waals surface area contributed by atoms with Gasteiger partial charge in [-0.1, -0.05) is 19.0 Å². The normalized spacial score (nSPS) is 13.8. The van der Waals surface area contributed by atoms with Gasteiger partial charge in [-0.2, -0.15) is 0 Å². The second kappa shape index (κ2) is 5.71. The van der Waals surface area contributed by atoms with Crippen molar-refractivity contribution in [2.75, 3.05) is 0 Å². The Bertz CT molecular complexity index is 456. The Morgan fingerprint density at radius 2 is 2.00 bits per heavy atom. The number of pyridine rings is 1. The van der Waals surface area contributed by atoms with Gasteiger partial charge in [0.2, 0.25) is 0 Å². The van der Waals surface area contributed by atoms with Gasteiger partial charge in [-0.3, -0.25) is 4.98 Å². The second-order valence-electron chi connectivity index (χ2n) is 4.77. The Hall–Kier alpha value is -1.78. The highest BCUT2D eigenvalue weighted by Gasteiger charge is 2.17. The first-order valence-electron chi connectivity index (χ1n) is 5.99. The first-order chi connectivity index (χ1) is 8.36. The van der Waals surface area contributed by atoms with Crippen molar-refractivity contribution in [3.8, 4) is 5.75 Å². The van der Waals surface area contributed by atoms with E-state index in [2.05, 4.69) is 24.0 Å². The summed E-state index contributed by atoms with van der Waals surface area (Å²) in [5.41, 5.74) is 7.76. The standard InChI is InChI=1S/C13H21N3O2/c1-7(2)10(5)18-11-6-8(3)15-9(4)12(11)13(14)16-17/h6-7,10,17H,1-5H3,(H2,14,16). The fourth-order valence-electron chi connectivity index (χ4n) is 1.58. The molecule has 1 aromatic rings. The van der Waals surface area contributed by atoms with Crippen molar-refractivity contribution in [2.45, 2.75) is 40.7 Å². The maximum absolute atomic E-state index is 8.83. The van der Waals surface area contributed by atoms with E-state index in [4.69, 9.17) is 15.7 Å². The molecule has 0 radical (unpaired) electrons. The minimum atomic E-state index is 0.0194. The molecule has 0 saturated heterocycles. The summed E-state index contributed by atoms with van der Waals surface area (Å²) < 4.78 is 5.88. The van der Waals surface area contributed by atoms with Gasteiger partial charge in [0.05, 0.1) is 17.4 Å². The largest absolute Gasteiger partial charge is 0.490 e. The Balaban J connectivity index is 3.24. The molecule has 1 rings (SSSR count). The zero-order chi connectivity index (χ0) is 13.9. The fraction of sp³-hybridized carbons (Fsp3) is 0.538. The van der Waals surface area contributed by atoms with Crippen LogP contribution >= 0.6 is 0 Å². The van der Waals surface area contributed by atoms with Crippen molar-refractivity contribution < 1.29 is 9.94 Å². The zero-order valence-corrected chi connectivity index (χ0v) is 11.6. The highest BCUT2D eigenvalue weighted by molar-refractivity contribution is 6.00. The molecule has 0 spiro atoms. The molecule has 0 fully saturated rings.